The molecule has 0 N–H and O–H groups in total. The molecular formula is C21H21ClN4O. The predicted octanol–water partition coefficient (Wildman–Crippen LogP) is 2.92. The van der Waals surface area contributed by atoms with Crippen LogP contribution in [-0.4, -0.2) is 50.1 Å². The van der Waals surface area contributed by atoms with Crippen molar-refractivity contribution in [3.05, 3.63) is 58.6 Å². The first-order valence-electron chi connectivity index (χ1n) is 9.21. The molecule has 27 heavy (non-hydrogen) atoms. The van der Waals surface area contributed by atoms with Crippen molar-refractivity contribution in [2.75, 3.05) is 49.1 Å². The van der Waals surface area contributed by atoms with Gasteiger partial charge in [-0.05, 0) is 36.2 Å². The molecule has 0 atom stereocenters. The molecule has 2 heterocycles. The maximum absolute atomic E-state index is 12.8. The second kappa shape index (κ2) is 7.59. The minimum Gasteiger partial charge on any atom is -0.368 e. The van der Waals surface area contributed by atoms with Gasteiger partial charge in [0, 0.05) is 43.4 Å². The molecule has 6 heteroatoms. The zero-order chi connectivity index (χ0) is 18.8. The first kappa shape index (κ1) is 17.8. The maximum Gasteiger partial charge on any atom is 0.241 e. The number of amides is 1. The number of hydrogen-bond donors (Lipinski definition) is 0. The highest BCUT2D eigenvalue weighted by molar-refractivity contribution is 6.30. The number of rotatable bonds is 3. The molecule has 138 valence electrons. The van der Waals surface area contributed by atoms with E-state index in [2.05, 4.69) is 21.9 Å². The fraction of sp³-hybridized carbons (Fsp3) is 0.333. The summed E-state index contributed by atoms with van der Waals surface area (Å²) in [4.78, 5) is 19.1. The average Bonchev–Trinajstić information content (AvgIpc) is 3.13. The van der Waals surface area contributed by atoms with Crippen LogP contribution in [0.4, 0.5) is 11.4 Å². The van der Waals surface area contributed by atoms with E-state index in [1.165, 1.54) is 5.56 Å². The van der Waals surface area contributed by atoms with E-state index in [0.717, 1.165) is 50.5 Å². The van der Waals surface area contributed by atoms with Crippen LogP contribution < -0.4 is 9.80 Å². The van der Waals surface area contributed by atoms with Crippen LogP contribution in [0, 0.1) is 11.3 Å². The predicted molar refractivity (Wildman–Crippen MR) is 107 cm³/mol. The van der Waals surface area contributed by atoms with Crippen molar-refractivity contribution in [3.63, 3.8) is 0 Å². The minimum atomic E-state index is 0.164. The summed E-state index contributed by atoms with van der Waals surface area (Å²) in [7, 11) is 0. The van der Waals surface area contributed by atoms with E-state index in [4.69, 9.17) is 11.6 Å². The van der Waals surface area contributed by atoms with Gasteiger partial charge in [0.05, 0.1) is 17.8 Å². The van der Waals surface area contributed by atoms with E-state index >= 15 is 0 Å². The Balaban J connectivity index is 1.37. The van der Waals surface area contributed by atoms with Gasteiger partial charge in [-0.3, -0.25) is 9.69 Å². The van der Waals surface area contributed by atoms with Crippen LogP contribution in [0.1, 0.15) is 11.1 Å². The lowest BCUT2D eigenvalue weighted by Gasteiger charge is -2.36. The van der Waals surface area contributed by atoms with Crippen LogP contribution in [0.25, 0.3) is 0 Å². The standard InChI is InChI=1S/C21H21ClN4O/c22-18-5-6-19(17(13-18)14-23)25-11-9-24(10-12-25)15-21(27)26-8-7-16-3-1-2-4-20(16)26/h1-6,13H,7-12,15H2. The largest absolute Gasteiger partial charge is 0.368 e. The number of anilines is 2. The quantitative estimate of drug-likeness (QED) is 0.821. The molecule has 0 radical (unpaired) electrons. The molecule has 1 fully saturated rings. The van der Waals surface area contributed by atoms with Crippen LogP contribution in [0.2, 0.25) is 5.02 Å². The molecule has 1 saturated heterocycles. The van der Waals surface area contributed by atoms with E-state index in [1.54, 1.807) is 6.07 Å². The van der Waals surface area contributed by atoms with Crippen molar-refractivity contribution < 1.29 is 4.79 Å². The monoisotopic (exact) mass is 380 g/mol. The van der Waals surface area contributed by atoms with Gasteiger partial charge in [-0.25, -0.2) is 0 Å². The van der Waals surface area contributed by atoms with Crippen LogP contribution in [0.15, 0.2) is 42.5 Å². The summed E-state index contributed by atoms with van der Waals surface area (Å²) in [6.07, 6.45) is 0.934. The number of para-hydroxylation sites is 1. The van der Waals surface area contributed by atoms with Crippen LogP contribution >= 0.6 is 11.6 Å². The number of nitriles is 1. The van der Waals surface area contributed by atoms with E-state index in [9.17, 15) is 10.1 Å². The Morgan fingerprint density at radius 1 is 1.04 bits per heavy atom. The fourth-order valence-electron chi connectivity index (χ4n) is 3.89. The van der Waals surface area contributed by atoms with Gasteiger partial charge in [-0.1, -0.05) is 29.8 Å². The second-order valence-electron chi connectivity index (χ2n) is 6.96. The fourth-order valence-corrected chi connectivity index (χ4v) is 4.07. The zero-order valence-corrected chi connectivity index (χ0v) is 15.8. The third kappa shape index (κ3) is 3.64. The van der Waals surface area contributed by atoms with E-state index in [0.29, 0.717) is 17.1 Å². The van der Waals surface area contributed by atoms with Crippen LogP contribution in [-0.2, 0) is 11.2 Å². The van der Waals surface area contributed by atoms with Gasteiger partial charge in [0.25, 0.3) is 0 Å². The summed E-state index contributed by atoms with van der Waals surface area (Å²) in [6.45, 7) is 4.39. The lowest BCUT2D eigenvalue weighted by atomic mass is 10.1. The van der Waals surface area contributed by atoms with E-state index in [1.807, 2.05) is 35.2 Å². The Morgan fingerprint density at radius 3 is 2.59 bits per heavy atom. The van der Waals surface area contributed by atoms with Crippen molar-refractivity contribution in [2.45, 2.75) is 6.42 Å². The summed E-state index contributed by atoms with van der Waals surface area (Å²) in [5.74, 6) is 0.164. The lowest BCUT2D eigenvalue weighted by Crippen LogP contribution is -2.50. The molecule has 0 saturated carbocycles. The topological polar surface area (TPSA) is 50.6 Å². The second-order valence-corrected chi connectivity index (χ2v) is 7.40. The summed E-state index contributed by atoms with van der Waals surface area (Å²) in [5.41, 5.74) is 3.82. The molecule has 5 nitrogen and oxygen atoms in total. The van der Waals surface area contributed by atoms with Gasteiger partial charge in [0.15, 0.2) is 0 Å². The number of carbonyl (C=O) groups is 1. The summed E-state index contributed by atoms with van der Waals surface area (Å²) >= 11 is 5.99. The van der Waals surface area contributed by atoms with E-state index in [-0.39, 0.29) is 5.91 Å². The molecule has 4 rings (SSSR count). The third-order valence-electron chi connectivity index (χ3n) is 5.34. The van der Waals surface area contributed by atoms with Crippen molar-refractivity contribution in [3.8, 4) is 6.07 Å². The Morgan fingerprint density at radius 2 is 1.81 bits per heavy atom. The van der Waals surface area contributed by atoms with Crippen molar-refractivity contribution in [2.24, 2.45) is 0 Å². The van der Waals surface area contributed by atoms with E-state index < -0.39 is 0 Å². The molecule has 0 spiro atoms. The number of carbonyl (C=O) groups excluding carboxylic acids is 1. The summed E-state index contributed by atoms with van der Waals surface area (Å²) in [5, 5.41) is 9.92. The molecule has 2 aromatic carbocycles. The molecule has 0 aliphatic carbocycles. The Bertz CT molecular complexity index is 899. The molecule has 0 aromatic heterocycles. The highest BCUT2D eigenvalue weighted by atomic mass is 35.5. The number of piperazine rings is 1. The Kier molecular flexibility index (Phi) is 5.02. The Labute approximate surface area is 164 Å². The summed E-state index contributed by atoms with van der Waals surface area (Å²) in [6, 6.07) is 15.8. The van der Waals surface area contributed by atoms with Gasteiger partial charge in [0.1, 0.15) is 6.07 Å². The normalized spacial score (nSPS) is 16.9. The Hall–Kier alpha value is -2.55. The molecule has 2 aromatic rings. The smallest absolute Gasteiger partial charge is 0.241 e. The van der Waals surface area contributed by atoms with Crippen LogP contribution in [0.3, 0.4) is 0 Å². The highest BCUT2D eigenvalue weighted by Crippen LogP contribution is 2.28. The molecule has 1 amide bonds. The average molecular weight is 381 g/mol. The van der Waals surface area contributed by atoms with Gasteiger partial charge in [-0.2, -0.15) is 5.26 Å². The third-order valence-corrected chi connectivity index (χ3v) is 5.57. The highest BCUT2D eigenvalue weighted by Gasteiger charge is 2.27. The number of halogens is 1. The van der Waals surface area contributed by atoms with Gasteiger partial charge in [0.2, 0.25) is 5.91 Å². The molecule has 0 bridgehead atoms. The zero-order valence-electron chi connectivity index (χ0n) is 15.1. The first-order chi connectivity index (χ1) is 13.2. The van der Waals surface area contributed by atoms with Crippen molar-refractivity contribution >= 4 is 28.9 Å². The maximum atomic E-state index is 12.8. The van der Waals surface area contributed by atoms with Gasteiger partial charge >= 0.3 is 0 Å². The van der Waals surface area contributed by atoms with Crippen LogP contribution in [0.5, 0.6) is 0 Å². The molecule has 2 aliphatic heterocycles. The van der Waals surface area contributed by atoms with Crippen molar-refractivity contribution in [1.29, 1.82) is 5.26 Å². The number of nitrogens with zero attached hydrogens (tertiary/aromatic N) is 4. The number of benzene rings is 2. The number of hydrogen-bond acceptors (Lipinski definition) is 4. The molecule has 0 unspecified atom stereocenters. The SMILES string of the molecule is N#Cc1cc(Cl)ccc1N1CCN(CC(=O)N2CCc3ccccc32)CC1. The van der Waals surface area contributed by atoms with Gasteiger partial charge < -0.3 is 9.80 Å². The van der Waals surface area contributed by atoms with Gasteiger partial charge in [-0.15, -0.1) is 0 Å². The molecular weight excluding hydrogens is 360 g/mol. The minimum absolute atomic E-state index is 0.164. The lowest BCUT2D eigenvalue weighted by molar-refractivity contribution is -0.119. The number of fused-ring (bicyclic) bond motifs is 1. The summed E-state index contributed by atoms with van der Waals surface area (Å²) < 4.78 is 0. The molecule has 2 aliphatic rings. The van der Waals surface area contributed by atoms with Crippen molar-refractivity contribution in [1.82, 2.24) is 4.90 Å². The first-order valence-corrected chi connectivity index (χ1v) is 9.59.